The van der Waals surface area contributed by atoms with E-state index in [2.05, 4.69) is 0 Å². The second-order valence-corrected chi connectivity index (χ2v) is 7.01. The molecule has 2 aliphatic rings. The fourth-order valence-electron chi connectivity index (χ4n) is 3.38. The Morgan fingerprint density at radius 3 is 2.61 bits per heavy atom. The van der Waals surface area contributed by atoms with Gasteiger partial charge in [0.2, 0.25) is 0 Å². The molecule has 2 saturated heterocycles. The lowest BCUT2D eigenvalue weighted by molar-refractivity contribution is -0.940. The van der Waals surface area contributed by atoms with E-state index >= 15 is 0 Å². The van der Waals surface area contributed by atoms with Gasteiger partial charge in [0.15, 0.2) is 0 Å². The molecule has 3 nitrogen and oxygen atoms in total. The van der Waals surface area contributed by atoms with Crippen molar-refractivity contribution in [2.45, 2.75) is 58.9 Å². The summed E-state index contributed by atoms with van der Waals surface area (Å²) in [6.07, 6.45) is 6.60. The number of esters is 1. The number of ether oxygens (including phenoxy) is 1. The van der Waals surface area contributed by atoms with Crippen molar-refractivity contribution >= 4 is 5.97 Å². The zero-order valence-corrected chi connectivity index (χ0v) is 12.1. The topological polar surface area (TPSA) is 30.7 Å². The van der Waals surface area contributed by atoms with Crippen LogP contribution in [0, 0.1) is 11.3 Å². The van der Waals surface area contributed by atoms with E-state index in [0.717, 1.165) is 6.04 Å². The van der Waals surface area contributed by atoms with E-state index in [-0.39, 0.29) is 11.4 Å². The second kappa shape index (κ2) is 5.60. The van der Waals surface area contributed by atoms with Gasteiger partial charge in [-0.15, -0.1) is 0 Å². The zero-order chi connectivity index (χ0) is 13.2. The fourth-order valence-corrected chi connectivity index (χ4v) is 3.38. The first-order valence-corrected chi connectivity index (χ1v) is 7.50. The summed E-state index contributed by atoms with van der Waals surface area (Å²) in [4.78, 5) is 13.6. The van der Waals surface area contributed by atoms with Crippen LogP contribution in [0.15, 0.2) is 0 Å². The molecule has 3 atom stereocenters. The van der Waals surface area contributed by atoms with Gasteiger partial charge in [0.1, 0.15) is 0 Å². The largest absolute Gasteiger partial charge is 0.465 e. The quantitative estimate of drug-likeness (QED) is 0.756. The molecule has 0 radical (unpaired) electrons. The summed E-state index contributed by atoms with van der Waals surface area (Å²) in [5, 5.41) is 0. The van der Waals surface area contributed by atoms with E-state index in [9.17, 15) is 4.79 Å². The average molecular weight is 254 g/mol. The molecule has 0 spiro atoms. The van der Waals surface area contributed by atoms with Crippen LogP contribution >= 0.6 is 0 Å². The number of rotatable bonds is 2. The van der Waals surface area contributed by atoms with E-state index in [1.165, 1.54) is 45.2 Å². The summed E-state index contributed by atoms with van der Waals surface area (Å²) in [7, 11) is 0. The van der Waals surface area contributed by atoms with Gasteiger partial charge in [0.25, 0.3) is 0 Å². The number of fused-ring (bicyclic) bond motifs is 1. The van der Waals surface area contributed by atoms with E-state index < -0.39 is 0 Å². The van der Waals surface area contributed by atoms with E-state index in [0.29, 0.717) is 12.5 Å². The number of carbonyl (C=O) groups is 1. The van der Waals surface area contributed by atoms with Gasteiger partial charge < -0.3 is 9.64 Å². The normalized spacial score (nSPS) is 32.7. The second-order valence-electron chi connectivity index (χ2n) is 7.01. The fraction of sp³-hybridized carbons (Fsp3) is 0.933. The van der Waals surface area contributed by atoms with E-state index in [1.54, 1.807) is 4.90 Å². The molecule has 0 aliphatic carbocycles. The highest BCUT2D eigenvalue weighted by Gasteiger charge is 2.37. The molecule has 0 saturated carbocycles. The summed E-state index contributed by atoms with van der Waals surface area (Å²) in [6.45, 7) is 9.07. The molecule has 18 heavy (non-hydrogen) atoms. The summed E-state index contributed by atoms with van der Waals surface area (Å²) in [5.74, 6) is 0.547. The Hall–Kier alpha value is -0.570. The number of piperidine rings is 2. The first kappa shape index (κ1) is 13.9. The van der Waals surface area contributed by atoms with Gasteiger partial charge >= 0.3 is 5.97 Å². The van der Waals surface area contributed by atoms with Crippen LogP contribution in [0.2, 0.25) is 0 Å². The third-order valence-corrected chi connectivity index (χ3v) is 4.47. The maximum absolute atomic E-state index is 11.8. The van der Waals surface area contributed by atoms with Gasteiger partial charge in [0.05, 0.1) is 31.2 Å². The Labute approximate surface area is 111 Å². The van der Waals surface area contributed by atoms with Crippen molar-refractivity contribution in [2.24, 2.45) is 11.3 Å². The van der Waals surface area contributed by atoms with Crippen LogP contribution in [0.3, 0.4) is 0 Å². The van der Waals surface area contributed by atoms with E-state index in [4.69, 9.17) is 4.74 Å². The number of nitrogens with one attached hydrogen (secondary N) is 1. The molecule has 2 fully saturated rings. The summed E-state index contributed by atoms with van der Waals surface area (Å²) >= 11 is 0. The van der Waals surface area contributed by atoms with Crippen molar-refractivity contribution in [3.8, 4) is 0 Å². The van der Waals surface area contributed by atoms with Crippen LogP contribution in [-0.2, 0) is 9.53 Å². The molecule has 0 bridgehead atoms. The number of quaternary nitrogens is 1. The Morgan fingerprint density at radius 2 is 1.89 bits per heavy atom. The van der Waals surface area contributed by atoms with Crippen LogP contribution in [-0.4, -0.2) is 31.7 Å². The van der Waals surface area contributed by atoms with Gasteiger partial charge in [-0.25, -0.2) is 0 Å². The monoisotopic (exact) mass is 254 g/mol. The molecule has 2 heterocycles. The van der Waals surface area contributed by atoms with E-state index in [1.807, 2.05) is 20.8 Å². The van der Waals surface area contributed by atoms with Crippen LogP contribution in [0.4, 0.5) is 0 Å². The molecule has 0 aromatic rings. The molecular formula is C15H28NO2+. The molecule has 0 amide bonds. The zero-order valence-electron chi connectivity index (χ0n) is 12.1. The van der Waals surface area contributed by atoms with Crippen molar-refractivity contribution in [3.63, 3.8) is 0 Å². The molecule has 2 aliphatic heterocycles. The first-order valence-electron chi connectivity index (χ1n) is 7.50. The third-order valence-electron chi connectivity index (χ3n) is 4.47. The summed E-state index contributed by atoms with van der Waals surface area (Å²) in [6, 6.07) is 0.750. The summed E-state index contributed by atoms with van der Waals surface area (Å²) < 4.78 is 5.54. The maximum atomic E-state index is 11.8. The molecular weight excluding hydrogens is 226 g/mol. The smallest absolute Gasteiger partial charge is 0.311 e. The Kier molecular flexibility index (Phi) is 4.31. The van der Waals surface area contributed by atoms with Gasteiger partial charge in [0, 0.05) is 5.92 Å². The standard InChI is InChI=1S/C15H27NO2/c1-15(2,3)14(17)18-11-12-7-6-10-16-9-5-4-8-13(12)16/h12-13H,4-11H2,1-3H3/p+1/t12-,13-/m0/s1. The lowest BCUT2D eigenvalue weighted by Gasteiger charge is -2.41. The lowest BCUT2D eigenvalue weighted by Crippen LogP contribution is -3.18. The van der Waals surface area contributed by atoms with Crippen molar-refractivity contribution in [2.75, 3.05) is 19.7 Å². The van der Waals surface area contributed by atoms with Crippen molar-refractivity contribution in [1.82, 2.24) is 0 Å². The van der Waals surface area contributed by atoms with Gasteiger partial charge in [-0.05, 0) is 52.9 Å². The minimum atomic E-state index is -0.367. The predicted octanol–water partition coefficient (Wildman–Crippen LogP) is 1.42. The molecule has 0 aromatic carbocycles. The molecule has 2 rings (SSSR count). The third kappa shape index (κ3) is 3.25. The van der Waals surface area contributed by atoms with Crippen molar-refractivity contribution in [1.29, 1.82) is 0 Å². The van der Waals surface area contributed by atoms with Crippen LogP contribution in [0.25, 0.3) is 0 Å². The summed E-state index contributed by atoms with van der Waals surface area (Å²) in [5.41, 5.74) is -0.367. The maximum Gasteiger partial charge on any atom is 0.311 e. The highest BCUT2D eigenvalue weighted by Crippen LogP contribution is 2.22. The Bertz CT molecular complexity index is 293. The van der Waals surface area contributed by atoms with Crippen LogP contribution < -0.4 is 4.90 Å². The highest BCUT2D eigenvalue weighted by atomic mass is 16.5. The number of hydrogen-bond donors (Lipinski definition) is 1. The number of carbonyl (C=O) groups excluding carboxylic acids is 1. The minimum absolute atomic E-state index is 0.0505. The van der Waals surface area contributed by atoms with Gasteiger partial charge in [-0.2, -0.15) is 0 Å². The molecule has 3 heteroatoms. The van der Waals surface area contributed by atoms with Crippen LogP contribution in [0.5, 0.6) is 0 Å². The van der Waals surface area contributed by atoms with Gasteiger partial charge in [-0.1, -0.05) is 0 Å². The molecule has 1 N–H and O–H groups in total. The Morgan fingerprint density at radius 1 is 1.17 bits per heavy atom. The highest BCUT2D eigenvalue weighted by molar-refractivity contribution is 5.75. The van der Waals surface area contributed by atoms with Gasteiger partial charge in [-0.3, -0.25) is 4.79 Å². The predicted molar refractivity (Wildman–Crippen MR) is 71.5 cm³/mol. The molecule has 0 aromatic heterocycles. The first-order chi connectivity index (χ1) is 8.48. The lowest BCUT2D eigenvalue weighted by atomic mass is 9.84. The number of hydrogen-bond acceptors (Lipinski definition) is 2. The Balaban J connectivity index is 1.86. The molecule has 104 valence electrons. The van der Waals surface area contributed by atoms with Crippen molar-refractivity contribution < 1.29 is 14.4 Å². The SMILES string of the molecule is CC(C)(C)C(=O)OC[C@@H]1CCC[NH+]2CCCC[C@@H]12. The van der Waals surface area contributed by atoms with Crippen LogP contribution in [0.1, 0.15) is 52.9 Å². The minimum Gasteiger partial charge on any atom is -0.465 e. The average Bonchev–Trinajstić information content (AvgIpc) is 2.34. The van der Waals surface area contributed by atoms with Crippen molar-refractivity contribution in [3.05, 3.63) is 0 Å². The molecule has 1 unspecified atom stereocenters.